The van der Waals surface area contributed by atoms with E-state index >= 15 is 0 Å². The predicted molar refractivity (Wildman–Crippen MR) is 60.2 cm³/mol. The summed E-state index contributed by atoms with van der Waals surface area (Å²) in [5, 5.41) is 0.153. The highest BCUT2D eigenvalue weighted by Gasteiger charge is 2.58. The first-order chi connectivity index (χ1) is 9.05. The summed E-state index contributed by atoms with van der Waals surface area (Å²) in [4.78, 5) is 0. The van der Waals surface area contributed by atoms with Gasteiger partial charge in [0.1, 0.15) is 0 Å². The molecule has 2 N–H and O–H groups in total. The summed E-state index contributed by atoms with van der Waals surface area (Å²) in [6.45, 7) is -0.553. The molecule has 2 nitrogen and oxygen atoms in total. The van der Waals surface area contributed by atoms with Crippen molar-refractivity contribution in [3.05, 3.63) is 34.9 Å². The molecule has 0 spiro atoms. The number of rotatable bonds is 4. The fraction of sp³-hybridized carbons (Fsp3) is 0.455. The minimum absolute atomic E-state index is 0.0403. The molecule has 0 heterocycles. The second-order valence-electron chi connectivity index (χ2n) is 3.88. The minimum atomic E-state index is -5.58. The van der Waals surface area contributed by atoms with Crippen molar-refractivity contribution in [2.45, 2.75) is 24.6 Å². The van der Waals surface area contributed by atoms with Gasteiger partial charge in [0.2, 0.25) is 6.10 Å². The molecule has 0 amide bonds. The smallest absolute Gasteiger partial charge is 0.351 e. The summed E-state index contributed by atoms with van der Waals surface area (Å²) in [7, 11) is 0. The molecule has 0 aliphatic rings. The average Bonchev–Trinajstić information content (AvgIpc) is 2.26. The third-order valence-electron chi connectivity index (χ3n) is 2.33. The monoisotopic (exact) mass is 321 g/mol. The van der Waals surface area contributed by atoms with Gasteiger partial charge >= 0.3 is 12.4 Å². The fourth-order valence-electron chi connectivity index (χ4n) is 1.48. The normalized spacial score (nSPS) is 14.7. The molecule has 0 fully saturated rings. The van der Waals surface area contributed by atoms with Crippen molar-refractivity contribution >= 4 is 11.6 Å². The van der Waals surface area contributed by atoms with E-state index in [0.717, 1.165) is 0 Å². The Labute approximate surface area is 115 Å². The molecule has 20 heavy (non-hydrogen) atoms. The SMILES string of the molecule is NCC(OC(C(F)(F)F)C(F)(F)F)c1cccc(Cl)c1. The molecule has 0 saturated heterocycles. The van der Waals surface area contributed by atoms with Crippen LogP contribution in [-0.4, -0.2) is 25.0 Å². The van der Waals surface area contributed by atoms with Crippen LogP contribution in [0.5, 0.6) is 0 Å². The Kier molecular flexibility index (Phi) is 5.28. The molecule has 9 heteroatoms. The van der Waals surface area contributed by atoms with Gasteiger partial charge in [-0.25, -0.2) is 0 Å². The van der Waals surface area contributed by atoms with Crippen molar-refractivity contribution in [1.29, 1.82) is 0 Å². The zero-order chi connectivity index (χ0) is 15.6. The van der Waals surface area contributed by atoms with E-state index in [1.807, 2.05) is 0 Å². The van der Waals surface area contributed by atoms with Crippen molar-refractivity contribution in [3.63, 3.8) is 0 Å². The first-order valence-electron chi connectivity index (χ1n) is 5.30. The lowest BCUT2D eigenvalue weighted by Crippen LogP contribution is -2.45. The summed E-state index contributed by atoms with van der Waals surface area (Å²) in [6, 6.07) is 5.28. The number of benzene rings is 1. The Balaban J connectivity index is 3.01. The van der Waals surface area contributed by atoms with Gasteiger partial charge in [0.15, 0.2) is 0 Å². The van der Waals surface area contributed by atoms with Gasteiger partial charge in [0.05, 0.1) is 6.10 Å². The molecule has 0 radical (unpaired) electrons. The van der Waals surface area contributed by atoms with Gasteiger partial charge in [0.25, 0.3) is 0 Å². The van der Waals surface area contributed by atoms with E-state index in [9.17, 15) is 26.3 Å². The number of halogens is 7. The highest BCUT2D eigenvalue weighted by atomic mass is 35.5. The first-order valence-corrected chi connectivity index (χ1v) is 5.68. The largest absolute Gasteiger partial charge is 0.423 e. The second-order valence-corrected chi connectivity index (χ2v) is 4.32. The highest BCUT2D eigenvalue weighted by molar-refractivity contribution is 6.30. The van der Waals surface area contributed by atoms with Crippen LogP contribution in [0.25, 0.3) is 0 Å². The third-order valence-corrected chi connectivity index (χ3v) is 2.56. The Hall–Kier alpha value is -0.990. The summed E-state index contributed by atoms with van der Waals surface area (Å²) in [6.07, 6.45) is -16.6. The molecule has 0 aliphatic carbocycles. The van der Waals surface area contributed by atoms with Crippen molar-refractivity contribution < 1.29 is 31.1 Å². The van der Waals surface area contributed by atoms with Gasteiger partial charge in [-0.2, -0.15) is 26.3 Å². The lowest BCUT2D eigenvalue weighted by Gasteiger charge is -2.27. The van der Waals surface area contributed by atoms with Crippen LogP contribution in [0, 0.1) is 0 Å². The number of hydrogen-bond acceptors (Lipinski definition) is 2. The van der Waals surface area contributed by atoms with E-state index < -0.39 is 31.1 Å². The Bertz CT molecular complexity index is 433. The van der Waals surface area contributed by atoms with E-state index in [1.54, 1.807) is 0 Å². The predicted octanol–water partition coefficient (Wildman–Crippen LogP) is 3.85. The van der Waals surface area contributed by atoms with E-state index in [0.29, 0.717) is 0 Å². The standard InChI is InChI=1S/C11H10ClF6NO/c12-7-3-1-2-6(4-7)8(5-19)20-9(10(13,14)15)11(16,17)18/h1-4,8-9H,5,19H2. The molecule has 1 unspecified atom stereocenters. The maximum Gasteiger partial charge on any atom is 0.423 e. The minimum Gasteiger partial charge on any atom is -0.351 e. The quantitative estimate of drug-likeness (QED) is 0.855. The molecule has 1 aromatic carbocycles. The summed E-state index contributed by atoms with van der Waals surface area (Å²) < 4.78 is 78.5. The van der Waals surface area contributed by atoms with Crippen molar-refractivity contribution in [2.24, 2.45) is 5.73 Å². The van der Waals surface area contributed by atoms with E-state index in [4.69, 9.17) is 17.3 Å². The van der Waals surface area contributed by atoms with Crippen LogP contribution < -0.4 is 5.73 Å². The van der Waals surface area contributed by atoms with Gasteiger partial charge < -0.3 is 10.5 Å². The highest BCUT2D eigenvalue weighted by Crippen LogP contribution is 2.38. The van der Waals surface area contributed by atoms with Crippen LogP contribution in [0.4, 0.5) is 26.3 Å². The Morgan fingerprint density at radius 1 is 1.10 bits per heavy atom. The molecular weight excluding hydrogens is 312 g/mol. The summed E-state index contributed by atoms with van der Waals surface area (Å²) in [5.41, 5.74) is 5.23. The molecule has 1 rings (SSSR count). The first kappa shape index (κ1) is 17.1. The molecule has 0 saturated carbocycles. The van der Waals surface area contributed by atoms with Crippen LogP contribution in [0.3, 0.4) is 0 Å². The van der Waals surface area contributed by atoms with Crippen molar-refractivity contribution in [2.75, 3.05) is 6.54 Å². The summed E-state index contributed by atoms with van der Waals surface area (Å²) in [5.74, 6) is 0. The lowest BCUT2D eigenvalue weighted by atomic mass is 10.1. The number of ether oxygens (including phenoxy) is 1. The third kappa shape index (κ3) is 4.53. The molecule has 114 valence electrons. The fourth-order valence-corrected chi connectivity index (χ4v) is 1.68. The Morgan fingerprint density at radius 2 is 1.65 bits per heavy atom. The average molecular weight is 322 g/mol. The van der Waals surface area contributed by atoms with Gasteiger partial charge in [-0.05, 0) is 17.7 Å². The van der Waals surface area contributed by atoms with E-state index in [2.05, 4.69) is 4.74 Å². The number of nitrogens with two attached hydrogens (primary N) is 1. The van der Waals surface area contributed by atoms with Crippen LogP contribution in [-0.2, 0) is 4.74 Å². The molecule has 0 aromatic heterocycles. The second kappa shape index (κ2) is 6.19. The zero-order valence-corrected chi connectivity index (χ0v) is 10.6. The van der Waals surface area contributed by atoms with Gasteiger partial charge in [-0.15, -0.1) is 0 Å². The zero-order valence-electron chi connectivity index (χ0n) is 9.80. The van der Waals surface area contributed by atoms with Crippen molar-refractivity contribution in [1.82, 2.24) is 0 Å². The van der Waals surface area contributed by atoms with Crippen molar-refractivity contribution in [3.8, 4) is 0 Å². The summed E-state index contributed by atoms with van der Waals surface area (Å²) >= 11 is 5.62. The van der Waals surface area contributed by atoms with Gasteiger partial charge in [-0.1, -0.05) is 23.7 Å². The molecule has 1 aromatic rings. The molecular formula is C11H10ClF6NO. The maximum atomic E-state index is 12.4. The van der Waals surface area contributed by atoms with Crippen LogP contribution in [0.15, 0.2) is 24.3 Å². The lowest BCUT2D eigenvalue weighted by molar-refractivity contribution is -0.331. The van der Waals surface area contributed by atoms with E-state index in [1.165, 1.54) is 24.3 Å². The van der Waals surface area contributed by atoms with Gasteiger partial charge in [-0.3, -0.25) is 0 Å². The van der Waals surface area contributed by atoms with E-state index in [-0.39, 0.29) is 10.6 Å². The Morgan fingerprint density at radius 3 is 2.05 bits per heavy atom. The topological polar surface area (TPSA) is 35.2 Å². The molecule has 1 atom stereocenters. The van der Waals surface area contributed by atoms with Crippen LogP contribution in [0.2, 0.25) is 5.02 Å². The van der Waals surface area contributed by atoms with Crippen LogP contribution in [0.1, 0.15) is 11.7 Å². The van der Waals surface area contributed by atoms with Crippen LogP contribution >= 0.6 is 11.6 Å². The molecule has 0 bridgehead atoms. The van der Waals surface area contributed by atoms with Gasteiger partial charge in [0, 0.05) is 11.6 Å². The molecule has 0 aliphatic heterocycles. The number of hydrogen-bond donors (Lipinski definition) is 1. The maximum absolute atomic E-state index is 12.4. The number of alkyl halides is 6.